The van der Waals surface area contributed by atoms with E-state index in [0.717, 1.165) is 58.7 Å². The van der Waals surface area contributed by atoms with Crippen LogP contribution in [0.15, 0.2) is 243 Å². The number of benzene rings is 8. The Morgan fingerprint density at radius 1 is 0.224 bits per heavy atom. The van der Waals surface area contributed by atoms with Gasteiger partial charge in [-0.2, -0.15) is 0 Å². The van der Waals surface area contributed by atoms with Crippen LogP contribution in [0.5, 0.6) is 0 Å². The minimum absolute atomic E-state index is 0. The van der Waals surface area contributed by atoms with Crippen molar-refractivity contribution in [3.63, 3.8) is 0 Å². The maximum Gasteiger partial charge on any atom is 4.00 e. The van der Waals surface area contributed by atoms with Crippen molar-refractivity contribution >= 4 is 45.5 Å². The third kappa shape index (κ3) is 19.4. The molecule has 8 aromatic carbocycles. The summed E-state index contributed by atoms with van der Waals surface area (Å²) >= 11 is 0. The summed E-state index contributed by atoms with van der Waals surface area (Å²) in [5.74, 6) is 0. The molecule has 1 fully saturated rings. The van der Waals surface area contributed by atoms with Gasteiger partial charge in [-0.05, 0) is 12.8 Å². The summed E-state index contributed by atoms with van der Waals surface area (Å²) in [5.41, 5.74) is 7.95. The topological polar surface area (TPSA) is 65.6 Å². The maximum atomic E-state index is 4.94. The Morgan fingerprint density at radius 2 is 0.362 bits per heavy atom. The molecule has 0 bridgehead atoms. The normalized spacial score (nSPS) is 10.6. The third-order valence-electron chi connectivity index (χ3n) is 7.91. The summed E-state index contributed by atoms with van der Waals surface area (Å²) in [7, 11) is 0. The molecule has 9 rings (SSSR count). The van der Waals surface area contributed by atoms with Crippen molar-refractivity contribution in [3.05, 3.63) is 264 Å². The summed E-state index contributed by atoms with van der Waals surface area (Å²) in [6.07, 6.45) is 2.56. The van der Waals surface area contributed by atoms with Gasteiger partial charge in [-0.25, -0.2) is 0 Å². The molecule has 0 aromatic heterocycles. The van der Waals surface area contributed by atoms with Crippen LogP contribution in [-0.4, -0.2) is 13.2 Å². The zero-order chi connectivity index (χ0) is 39.3. The van der Waals surface area contributed by atoms with Crippen molar-refractivity contribution in [2.45, 2.75) is 12.8 Å². The Hall–Kier alpha value is -5.76. The van der Waals surface area contributed by atoms with Crippen LogP contribution in [0.1, 0.15) is 12.8 Å². The summed E-state index contributed by atoms with van der Waals surface area (Å²) in [5, 5.41) is 17.8. The van der Waals surface area contributed by atoms with Crippen LogP contribution in [-0.2, 0) is 4.74 Å². The number of para-hydroxylation sites is 8. The first-order valence-electron chi connectivity index (χ1n) is 19.2. The van der Waals surface area contributed by atoms with Gasteiger partial charge in [0.15, 0.2) is 0 Å². The number of hydrogen-bond acceptors (Lipinski definition) is 1. The van der Waals surface area contributed by atoms with Crippen LogP contribution in [0.25, 0.3) is 21.3 Å². The minimum atomic E-state index is 0. The number of ether oxygens (including phenoxy) is 1. The van der Waals surface area contributed by atoms with Crippen molar-refractivity contribution in [1.82, 2.24) is 0 Å². The van der Waals surface area contributed by atoms with Crippen LogP contribution in [0.3, 0.4) is 0 Å². The maximum absolute atomic E-state index is 4.94. The van der Waals surface area contributed by atoms with E-state index in [-0.39, 0.29) is 39.9 Å². The summed E-state index contributed by atoms with van der Waals surface area (Å²) < 4.78 is 4.94. The molecule has 0 aliphatic carbocycles. The molecule has 286 valence electrons. The first-order chi connectivity index (χ1) is 28.3. The number of nitrogens with zero attached hydrogens (tertiary/aromatic N) is 4. The molecule has 0 unspecified atom stereocenters. The average molecular weight is 977 g/mol. The van der Waals surface area contributed by atoms with Crippen molar-refractivity contribution in [2.24, 2.45) is 0 Å². The van der Waals surface area contributed by atoms with Crippen LogP contribution < -0.4 is 0 Å². The third-order valence-corrected chi connectivity index (χ3v) is 7.91. The minimum Gasteiger partial charge on any atom is -0.658 e. The van der Waals surface area contributed by atoms with E-state index in [2.05, 4.69) is 21.3 Å². The second-order valence-corrected chi connectivity index (χ2v) is 12.5. The molecule has 0 radical (unpaired) electrons. The molecule has 6 heteroatoms. The molecular formula is C52H48N4OTh. The van der Waals surface area contributed by atoms with Crippen LogP contribution in [0, 0.1) is 39.9 Å². The fourth-order valence-corrected chi connectivity index (χ4v) is 5.13. The fraction of sp³-hybridized carbons (Fsp3) is 0.0769. The van der Waals surface area contributed by atoms with Gasteiger partial charge in [0.1, 0.15) is 0 Å². The molecule has 1 aliphatic rings. The van der Waals surface area contributed by atoms with Gasteiger partial charge in [-0.3, -0.25) is 0 Å². The summed E-state index contributed by atoms with van der Waals surface area (Å²) in [6, 6.07) is 79.6. The van der Waals surface area contributed by atoms with E-state index >= 15 is 0 Å². The molecule has 0 spiro atoms. The molecule has 58 heavy (non-hydrogen) atoms. The van der Waals surface area contributed by atoms with Gasteiger partial charge in [0.05, 0.1) is 0 Å². The van der Waals surface area contributed by atoms with Gasteiger partial charge < -0.3 is 26.0 Å². The van der Waals surface area contributed by atoms with E-state index in [1.807, 2.05) is 243 Å². The molecule has 1 aliphatic heterocycles. The van der Waals surface area contributed by atoms with E-state index < -0.39 is 0 Å². The first-order valence-corrected chi connectivity index (χ1v) is 19.2. The van der Waals surface area contributed by atoms with Gasteiger partial charge in [0.25, 0.3) is 0 Å². The van der Waals surface area contributed by atoms with Crippen molar-refractivity contribution < 1.29 is 44.7 Å². The van der Waals surface area contributed by atoms with Crippen LogP contribution >= 0.6 is 0 Å². The van der Waals surface area contributed by atoms with Crippen LogP contribution in [0.2, 0.25) is 0 Å². The Bertz CT molecular complexity index is 1660. The Morgan fingerprint density at radius 3 is 0.466 bits per heavy atom. The second-order valence-electron chi connectivity index (χ2n) is 12.5. The van der Waals surface area contributed by atoms with E-state index in [1.165, 1.54) is 12.8 Å². The molecule has 1 heterocycles. The van der Waals surface area contributed by atoms with E-state index in [1.54, 1.807) is 0 Å². The smallest absolute Gasteiger partial charge is 0.658 e. The molecule has 0 atom stereocenters. The number of rotatable bonds is 8. The molecule has 5 nitrogen and oxygen atoms in total. The zero-order valence-electron chi connectivity index (χ0n) is 32.6. The van der Waals surface area contributed by atoms with Gasteiger partial charge in [-0.15, -0.1) is 45.5 Å². The molecule has 8 aromatic rings. The Balaban J connectivity index is 0.000000163. The Labute approximate surface area is 377 Å². The molecular weight excluding hydrogens is 929 g/mol. The molecule has 0 amide bonds. The molecule has 0 N–H and O–H groups in total. The Kier molecular flexibility index (Phi) is 22.2. The molecule has 1 saturated heterocycles. The van der Waals surface area contributed by atoms with Gasteiger partial charge in [0.2, 0.25) is 0 Å². The summed E-state index contributed by atoms with van der Waals surface area (Å²) in [4.78, 5) is 0. The largest absolute Gasteiger partial charge is 4.00 e. The predicted molar refractivity (Wildman–Crippen MR) is 242 cm³/mol. The standard InChI is InChI=1S/4C12H10N.C4H8O.Th/c4*1-3-7-11(8-4-1)13-12-9-5-2-6-10-12;1-2-4-5-3-1;/h4*1-10H;1-4H2;/q4*-1;;+4. The zero-order valence-corrected chi connectivity index (χ0v) is 36.7. The first kappa shape index (κ1) is 45.0. The molecule has 0 saturated carbocycles. The van der Waals surface area contributed by atoms with E-state index in [0.29, 0.717) is 0 Å². The van der Waals surface area contributed by atoms with Crippen molar-refractivity contribution in [2.75, 3.05) is 13.2 Å². The summed E-state index contributed by atoms with van der Waals surface area (Å²) in [6.45, 7) is 2.00. The van der Waals surface area contributed by atoms with Crippen molar-refractivity contribution in [3.8, 4) is 0 Å². The van der Waals surface area contributed by atoms with Gasteiger partial charge in [0, 0.05) is 13.2 Å². The van der Waals surface area contributed by atoms with E-state index in [4.69, 9.17) is 4.74 Å². The van der Waals surface area contributed by atoms with E-state index in [9.17, 15) is 0 Å². The quantitative estimate of drug-likeness (QED) is 0.150. The van der Waals surface area contributed by atoms with Gasteiger partial charge >= 0.3 is 39.9 Å². The number of hydrogen-bond donors (Lipinski definition) is 0. The SMILES string of the molecule is C1CCOC1.[Th+4].c1ccc([N-]c2ccccc2)cc1.c1ccc([N-]c2ccccc2)cc1.c1ccc([N-]c2ccccc2)cc1.c1ccc([N-]c2ccccc2)cc1. The van der Waals surface area contributed by atoms with Gasteiger partial charge in [-0.1, -0.05) is 243 Å². The average Bonchev–Trinajstić information content (AvgIpc) is 3.89. The van der Waals surface area contributed by atoms with Crippen molar-refractivity contribution in [1.29, 1.82) is 0 Å². The second kappa shape index (κ2) is 28.6. The predicted octanol–water partition coefficient (Wildman–Crippen LogP) is 16.9. The fourth-order valence-electron chi connectivity index (χ4n) is 5.13. The van der Waals surface area contributed by atoms with Crippen LogP contribution in [0.4, 0.5) is 45.5 Å². The monoisotopic (exact) mass is 976 g/mol.